The van der Waals surface area contributed by atoms with Crippen LogP contribution in [0, 0.1) is 6.92 Å². The van der Waals surface area contributed by atoms with Gasteiger partial charge in [0.2, 0.25) is 0 Å². The quantitative estimate of drug-likeness (QED) is 0.841. The van der Waals surface area contributed by atoms with Crippen molar-refractivity contribution in [2.75, 3.05) is 5.75 Å². The maximum absolute atomic E-state index is 12.0. The predicted octanol–water partition coefficient (Wildman–Crippen LogP) is 2.81. The summed E-state index contributed by atoms with van der Waals surface area (Å²) in [4.78, 5) is 11.0. The molecule has 0 atom stereocenters. The predicted molar refractivity (Wildman–Crippen MR) is 72.7 cm³/mol. The van der Waals surface area contributed by atoms with Crippen LogP contribution in [0.25, 0.3) is 0 Å². The summed E-state index contributed by atoms with van der Waals surface area (Å²) < 4.78 is 24.4. The number of aryl methyl sites for hydroxylation is 1. The van der Waals surface area contributed by atoms with E-state index in [9.17, 15) is 13.2 Å². The monoisotopic (exact) mass is 332 g/mol. The molecule has 1 aromatic rings. The zero-order chi connectivity index (χ0) is 13.9. The minimum Gasteiger partial charge on any atom is -0.478 e. The number of carboxylic acids is 1. The van der Waals surface area contributed by atoms with Gasteiger partial charge in [-0.25, -0.2) is 13.2 Å². The molecule has 0 amide bonds. The van der Waals surface area contributed by atoms with E-state index in [1.54, 1.807) is 6.92 Å². The molecule has 0 saturated carbocycles. The van der Waals surface area contributed by atoms with Gasteiger partial charge >= 0.3 is 5.97 Å². The van der Waals surface area contributed by atoms with E-state index in [-0.39, 0.29) is 16.2 Å². The number of halogens is 1. The van der Waals surface area contributed by atoms with Crippen LogP contribution < -0.4 is 0 Å². The molecule has 0 unspecified atom stereocenters. The largest absolute Gasteiger partial charge is 0.478 e. The van der Waals surface area contributed by atoms with E-state index in [1.165, 1.54) is 18.2 Å². The molecule has 0 heterocycles. The van der Waals surface area contributed by atoms with Crippen LogP contribution in [0.4, 0.5) is 0 Å². The number of benzene rings is 1. The molecule has 0 saturated heterocycles. The Kier molecular flexibility index (Phi) is 4.70. The third-order valence-electron chi connectivity index (χ3n) is 2.44. The van der Waals surface area contributed by atoms with Crippen molar-refractivity contribution in [2.45, 2.75) is 18.2 Å². The molecule has 0 bridgehead atoms. The summed E-state index contributed by atoms with van der Waals surface area (Å²) in [6, 6.07) is 2.70. The van der Waals surface area contributed by atoms with E-state index in [4.69, 9.17) is 5.11 Å². The first-order chi connectivity index (χ1) is 8.29. The van der Waals surface area contributed by atoms with Gasteiger partial charge in [-0.15, -0.1) is 6.58 Å². The molecule has 0 aromatic heterocycles. The maximum Gasteiger partial charge on any atom is 0.335 e. The first kappa shape index (κ1) is 14.9. The zero-order valence-electron chi connectivity index (χ0n) is 9.81. The number of hydrogen-bond acceptors (Lipinski definition) is 3. The maximum atomic E-state index is 12.0. The van der Waals surface area contributed by atoms with Crippen molar-refractivity contribution in [3.05, 3.63) is 40.4 Å². The van der Waals surface area contributed by atoms with Crippen LogP contribution >= 0.6 is 15.9 Å². The second-order valence-corrected chi connectivity index (χ2v) is 6.73. The van der Waals surface area contributed by atoms with E-state index in [1.807, 2.05) is 0 Å². The third kappa shape index (κ3) is 3.20. The van der Waals surface area contributed by atoms with Crippen LogP contribution in [0.5, 0.6) is 0 Å². The van der Waals surface area contributed by atoms with Crippen molar-refractivity contribution >= 4 is 31.7 Å². The highest BCUT2D eigenvalue weighted by Gasteiger charge is 2.20. The Balaban J connectivity index is 3.37. The topological polar surface area (TPSA) is 71.4 Å². The van der Waals surface area contributed by atoms with Gasteiger partial charge in [-0.2, -0.15) is 0 Å². The second-order valence-electron chi connectivity index (χ2n) is 3.80. The fourth-order valence-corrected chi connectivity index (χ4v) is 4.02. The van der Waals surface area contributed by atoms with Gasteiger partial charge in [0.15, 0.2) is 9.84 Å². The first-order valence-corrected chi connectivity index (χ1v) is 7.61. The highest BCUT2D eigenvalue weighted by molar-refractivity contribution is 9.10. The number of aromatic carboxylic acids is 1. The van der Waals surface area contributed by atoms with E-state index in [0.717, 1.165) is 0 Å². The summed E-state index contributed by atoms with van der Waals surface area (Å²) in [5.74, 6) is -1.22. The average Bonchev–Trinajstić information content (AvgIpc) is 2.25. The van der Waals surface area contributed by atoms with Crippen LogP contribution in [0.2, 0.25) is 0 Å². The van der Waals surface area contributed by atoms with Crippen LogP contribution in [0.1, 0.15) is 22.3 Å². The Labute approximate surface area is 114 Å². The molecular formula is C12H13BrO4S. The number of sulfone groups is 1. The lowest BCUT2D eigenvalue weighted by Crippen LogP contribution is -2.10. The van der Waals surface area contributed by atoms with Gasteiger partial charge in [0.05, 0.1) is 16.2 Å². The van der Waals surface area contributed by atoms with E-state index in [0.29, 0.717) is 16.5 Å². The molecule has 6 heteroatoms. The number of hydrogen-bond donors (Lipinski definition) is 1. The number of rotatable bonds is 5. The van der Waals surface area contributed by atoms with Gasteiger partial charge in [0.25, 0.3) is 0 Å². The van der Waals surface area contributed by atoms with Gasteiger partial charge in [-0.3, -0.25) is 0 Å². The summed E-state index contributed by atoms with van der Waals surface area (Å²) in [6.07, 6.45) is 1.84. The van der Waals surface area contributed by atoms with E-state index in [2.05, 4.69) is 22.5 Å². The Morgan fingerprint density at radius 3 is 2.61 bits per heavy atom. The molecule has 0 aliphatic rings. The SMILES string of the molecule is C=CCCS(=O)(=O)c1cc(C(=O)O)c(C)cc1Br. The molecule has 1 aromatic carbocycles. The minimum atomic E-state index is -3.51. The number of carbonyl (C=O) groups is 1. The summed E-state index contributed by atoms with van der Waals surface area (Å²) in [7, 11) is -3.51. The normalized spacial score (nSPS) is 11.2. The number of carboxylic acid groups (broad SMARTS) is 1. The van der Waals surface area contributed by atoms with Gasteiger partial charge in [-0.05, 0) is 47.0 Å². The third-order valence-corrected chi connectivity index (χ3v) is 5.13. The van der Waals surface area contributed by atoms with Gasteiger partial charge < -0.3 is 5.11 Å². The summed E-state index contributed by atoms with van der Waals surface area (Å²) >= 11 is 3.16. The fourth-order valence-electron chi connectivity index (χ4n) is 1.47. The summed E-state index contributed by atoms with van der Waals surface area (Å²) in [5, 5.41) is 9.00. The van der Waals surface area contributed by atoms with Crippen LogP contribution in [0.15, 0.2) is 34.2 Å². The zero-order valence-corrected chi connectivity index (χ0v) is 12.2. The smallest absolute Gasteiger partial charge is 0.335 e. The molecule has 0 fully saturated rings. The van der Waals surface area contributed by atoms with Crippen LogP contribution in [-0.2, 0) is 9.84 Å². The van der Waals surface area contributed by atoms with Crippen molar-refractivity contribution in [1.29, 1.82) is 0 Å². The lowest BCUT2D eigenvalue weighted by molar-refractivity contribution is 0.0696. The van der Waals surface area contributed by atoms with Crippen molar-refractivity contribution in [3.63, 3.8) is 0 Å². The average molecular weight is 333 g/mol. The summed E-state index contributed by atoms with van der Waals surface area (Å²) in [6.45, 7) is 5.09. The van der Waals surface area contributed by atoms with Crippen molar-refractivity contribution in [3.8, 4) is 0 Å². The van der Waals surface area contributed by atoms with Gasteiger partial charge in [-0.1, -0.05) is 6.08 Å². The second kappa shape index (κ2) is 5.67. The number of allylic oxidation sites excluding steroid dienone is 1. The molecule has 98 valence electrons. The lowest BCUT2D eigenvalue weighted by Gasteiger charge is -2.09. The molecular weight excluding hydrogens is 320 g/mol. The van der Waals surface area contributed by atoms with Crippen LogP contribution in [0.3, 0.4) is 0 Å². The Morgan fingerprint density at radius 1 is 1.50 bits per heavy atom. The fraction of sp³-hybridized carbons (Fsp3) is 0.250. The molecule has 1 rings (SSSR count). The molecule has 18 heavy (non-hydrogen) atoms. The molecule has 4 nitrogen and oxygen atoms in total. The lowest BCUT2D eigenvalue weighted by atomic mass is 10.1. The van der Waals surface area contributed by atoms with Gasteiger partial charge in [0, 0.05) is 4.47 Å². The van der Waals surface area contributed by atoms with E-state index < -0.39 is 15.8 Å². The molecule has 0 aliphatic carbocycles. The van der Waals surface area contributed by atoms with Crippen molar-refractivity contribution in [1.82, 2.24) is 0 Å². The van der Waals surface area contributed by atoms with Crippen LogP contribution in [-0.4, -0.2) is 25.2 Å². The Bertz CT molecular complexity index is 590. The summed E-state index contributed by atoms with van der Waals surface area (Å²) in [5.41, 5.74) is 0.507. The standard InChI is InChI=1S/C12H13BrO4S/c1-3-4-5-18(16,17)11-7-9(12(14)15)8(2)6-10(11)13/h3,6-7H,1,4-5H2,2H3,(H,14,15). The molecule has 0 aliphatic heterocycles. The Morgan fingerprint density at radius 2 is 2.11 bits per heavy atom. The first-order valence-electron chi connectivity index (χ1n) is 5.16. The molecule has 0 spiro atoms. The molecule has 0 radical (unpaired) electrons. The van der Waals surface area contributed by atoms with Crippen molar-refractivity contribution in [2.24, 2.45) is 0 Å². The Hall–Kier alpha value is -1.14. The van der Waals surface area contributed by atoms with Crippen molar-refractivity contribution < 1.29 is 18.3 Å². The highest BCUT2D eigenvalue weighted by Crippen LogP contribution is 2.27. The van der Waals surface area contributed by atoms with Gasteiger partial charge in [0.1, 0.15) is 0 Å². The minimum absolute atomic E-state index is 0.00428. The van der Waals surface area contributed by atoms with E-state index >= 15 is 0 Å². The highest BCUT2D eigenvalue weighted by atomic mass is 79.9. The molecule has 1 N–H and O–H groups in total.